The van der Waals surface area contributed by atoms with Gasteiger partial charge in [0.05, 0.1) is 12.4 Å². The van der Waals surface area contributed by atoms with Gasteiger partial charge >= 0.3 is 5.97 Å². The molecule has 2 heterocycles. The Morgan fingerprint density at radius 2 is 2.00 bits per heavy atom. The summed E-state index contributed by atoms with van der Waals surface area (Å²) in [6, 6.07) is 8.54. The van der Waals surface area contributed by atoms with Gasteiger partial charge in [0.15, 0.2) is 5.16 Å². The second-order valence-corrected chi connectivity index (χ2v) is 8.99. The Morgan fingerprint density at radius 3 is 2.69 bits per heavy atom. The zero-order chi connectivity index (χ0) is 23.1. The number of aryl methyl sites for hydroxylation is 1. The first-order valence-electron chi connectivity index (χ1n) is 9.98. The summed E-state index contributed by atoms with van der Waals surface area (Å²) in [4.78, 5) is 44.0. The first-order valence-corrected chi connectivity index (χ1v) is 12.2. The van der Waals surface area contributed by atoms with Crippen molar-refractivity contribution < 1.29 is 14.3 Å². The lowest BCUT2D eigenvalue weighted by molar-refractivity contribution is -0.113. The molecule has 32 heavy (non-hydrogen) atoms. The van der Waals surface area contributed by atoms with E-state index in [1.54, 1.807) is 36.6 Å². The van der Waals surface area contributed by atoms with Gasteiger partial charge in [0.2, 0.25) is 5.91 Å². The molecule has 0 bridgehead atoms. The number of nitrogens with one attached hydrogen (secondary N) is 2. The van der Waals surface area contributed by atoms with Gasteiger partial charge in [0.25, 0.3) is 5.56 Å². The first-order chi connectivity index (χ1) is 15.4. The predicted octanol–water partition coefficient (Wildman–Crippen LogP) is 5.01. The molecule has 10 heteroatoms. The average molecular weight is 492 g/mol. The van der Waals surface area contributed by atoms with Gasteiger partial charge in [-0.2, -0.15) is 0 Å². The Bertz CT molecular complexity index is 1160. The van der Waals surface area contributed by atoms with Gasteiger partial charge < -0.3 is 15.0 Å². The number of halogens is 1. The number of aromatic amines is 1. The fraction of sp³-hybridized carbons (Fsp3) is 0.273. The summed E-state index contributed by atoms with van der Waals surface area (Å²) < 4.78 is 5.21. The fourth-order valence-corrected chi connectivity index (χ4v) is 4.72. The van der Waals surface area contributed by atoms with Crippen LogP contribution in [0, 0.1) is 0 Å². The number of thioether (sulfide) groups is 1. The number of amides is 1. The number of benzene rings is 1. The summed E-state index contributed by atoms with van der Waals surface area (Å²) in [5, 5.41) is 5.96. The number of carbonyl (C=O) groups is 2. The van der Waals surface area contributed by atoms with Gasteiger partial charge in [-0.3, -0.25) is 9.59 Å². The smallest absolute Gasteiger partial charge is 0.341 e. The van der Waals surface area contributed by atoms with Gasteiger partial charge in [-0.1, -0.05) is 48.8 Å². The Labute approximate surface area is 198 Å². The van der Waals surface area contributed by atoms with E-state index < -0.39 is 5.97 Å². The summed E-state index contributed by atoms with van der Waals surface area (Å²) in [6.45, 7) is 3.94. The van der Waals surface area contributed by atoms with Gasteiger partial charge in [-0.15, -0.1) is 11.3 Å². The highest BCUT2D eigenvalue weighted by Gasteiger charge is 2.23. The minimum Gasteiger partial charge on any atom is -0.462 e. The topological polar surface area (TPSA) is 101 Å². The molecule has 0 saturated carbocycles. The largest absolute Gasteiger partial charge is 0.462 e. The number of nitrogens with zero attached hydrogens (tertiary/aromatic N) is 1. The van der Waals surface area contributed by atoms with Crippen molar-refractivity contribution in [1.29, 1.82) is 0 Å². The molecule has 3 rings (SSSR count). The molecule has 0 fully saturated rings. The molecule has 2 N–H and O–H groups in total. The number of ether oxygens (including phenoxy) is 1. The van der Waals surface area contributed by atoms with Crippen molar-refractivity contribution in [2.24, 2.45) is 0 Å². The van der Waals surface area contributed by atoms with Crippen LogP contribution in [0.2, 0.25) is 5.02 Å². The number of hydrogen-bond donors (Lipinski definition) is 2. The van der Waals surface area contributed by atoms with Crippen molar-refractivity contribution in [1.82, 2.24) is 9.97 Å². The molecule has 168 valence electrons. The Hall–Kier alpha value is -2.62. The fourth-order valence-electron chi connectivity index (χ4n) is 2.93. The molecule has 0 atom stereocenters. The van der Waals surface area contributed by atoms with Crippen molar-refractivity contribution in [2.45, 2.75) is 31.8 Å². The van der Waals surface area contributed by atoms with Crippen LogP contribution in [0.25, 0.3) is 11.1 Å². The zero-order valence-electron chi connectivity index (χ0n) is 17.6. The van der Waals surface area contributed by atoms with E-state index in [4.69, 9.17) is 16.3 Å². The minimum absolute atomic E-state index is 0.0228. The maximum Gasteiger partial charge on any atom is 0.341 e. The van der Waals surface area contributed by atoms with E-state index in [2.05, 4.69) is 15.3 Å². The van der Waals surface area contributed by atoms with Gasteiger partial charge in [-0.05, 0) is 31.0 Å². The van der Waals surface area contributed by atoms with Crippen molar-refractivity contribution in [3.63, 3.8) is 0 Å². The molecule has 0 aliphatic rings. The van der Waals surface area contributed by atoms with Crippen LogP contribution in [0.1, 0.15) is 36.3 Å². The van der Waals surface area contributed by atoms with Crippen LogP contribution in [-0.2, 0) is 16.0 Å². The van der Waals surface area contributed by atoms with Crippen molar-refractivity contribution in [3.8, 4) is 11.1 Å². The first kappa shape index (κ1) is 24.0. The SMILES string of the molecule is CCCc1cc(=O)[nH]c(SCC(=O)Nc2scc(-c3ccc(Cl)cc3)c2C(=O)OCC)n1. The molecular weight excluding hydrogens is 470 g/mol. The lowest BCUT2D eigenvalue weighted by Gasteiger charge is -2.09. The molecule has 0 aliphatic heterocycles. The van der Waals surface area contributed by atoms with Crippen LogP contribution in [-0.4, -0.2) is 34.2 Å². The number of aromatic nitrogens is 2. The van der Waals surface area contributed by atoms with Crippen molar-refractivity contribution in [3.05, 3.63) is 62.3 Å². The number of thiophene rings is 1. The monoisotopic (exact) mass is 491 g/mol. The number of rotatable bonds is 9. The quantitative estimate of drug-likeness (QED) is 0.248. The molecule has 3 aromatic rings. The lowest BCUT2D eigenvalue weighted by atomic mass is 10.0. The molecule has 7 nitrogen and oxygen atoms in total. The second kappa shape index (κ2) is 11.3. The van der Waals surface area contributed by atoms with Crippen LogP contribution in [0.15, 0.2) is 45.7 Å². The molecule has 0 radical (unpaired) electrons. The number of H-pyrrole nitrogens is 1. The lowest BCUT2D eigenvalue weighted by Crippen LogP contribution is -2.17. The summed E-state index contributed by atoms with van der Waals surface area (Å²) in [6.07, 6.45) is 1.56. The highest BCUT2D eigenvalue weighted by atomic mass is 35.5. The van der Waals surface area contributed by atoms with Crippen LogP contribution < -0.4 is 10.9 Å². The Balaban J connectivity index is 1.77. The van der Waals surface area contributed by atoms with Gasteiger partial charge in [-0.25, -0.2) is 9.78 Å². The highest BCUT2D eigenvalue weighted by Crippen LogP contribution is 2.36. The molecule has 1 aromatic carbocycles. The third-order valence-electron chi connectivity index (χ3n) is 4.30. The number of anilines is 1. The third kappa shape index (κ3) is 6.21. The van der Waals surface area contributed by atoms with E-state index in [9.17, 15) is 14.4 Å². The molecule has 2 aromatic heterocycles. The Kier molecular flexibility index (Phi) is 8.49. The zero-order valence-corrected chi connectivity index (χ0v) is 20.0. The third-order valence-corrected chi connectivity index (χ3v) is 6.32. The summed E-state index contributed by atoms with van der Waals surface area (Å²) in [5.74, 6) is -0.817. The van der Waals surface area contributed by atoms with Crippen LogP contribution in [0.3, 0.4) is 0 Å². The van der Waals surface area contributed by atoms with Crippen LogP contribution in [0.5, 0.6) is 0 Å². The molecule has 0 saturated heterocycles. The molecule has 0 aliphatic carbocycles. The molecule has 1 amide bonds. The summed E-state index contributed by atoms with van der Waals surface area (Å²) >= 11 is 8.34. The van der Waals surface area contributed by atoms with E-state index in [0.717, 1.165) is 23.7 Å². The maximum absolute atomic E-state index is 12.6. The van der Waals surface area contributed by atoms with E-state index in [1.165, 1.54) is 17.4 Å². The van der Waals surface area contributed by atoms with Crippen molar-refractivity contribution in [2.75, 3.05) is 17.7 Å². The predicted molar refractivity (Wildman–Crippen MR) is 129 cm³/mol. The number of hydrogen-bond acceptors (Lipinski definition) is 7. The van der Waals surface area contributed by atoms with Crippen molar-refractivity contribution >= 4 is 51.6 Å². The Morgan fingerprint density at radius 1 is 1.25 bits per heavy atom. The highest BCUT2D eigenvalue weighted by molar-refractivity contribution is 7.99. The number of carbonyl (C=O) groups excluding carboxylic acids is 2. The average Bonchev–Trinajstić information content (AvgIpc) is 3.16. The van der Waals surface area contributed by atoms with E-state index in [0.29, 0.717) is 38.4 Å². The van der Waals surface area contributed by atoms with Crippen LogP contribution in [0.4, 0.5) is 5.00 Å². The standard InChI is InChI=1S/C22H22ClN3O4S2/c1-3-5-15-10-17(27)26-22(24-15)32-12-18(28)25-20-19(21(29)30-4-2)16(11-31-20)13-6-8-14(23)9-7-13/h6-11H,3-5,12H2,1-2H3,(H,25,28)(H,24,26,27). The molecular formula is C22H22ClN3O4S2. The molecule has 0 unspecified atom stereocenters. The maximum atomic E-state index is 12.6. The second-order valence-electron chi connectivity index (χ2n) is 6.71. The number of esters is 1. The summed E-state index contributed by atoms with van der Waals surface area (Å²) in [5.41, 5.74) is 2.19. The van der Waals surface area contributed by atoms with E-state index in [-0.39, 0.29) is 23.8 Å². The minimum atomic E-state index is -0.514. The van der Waals surface area contributed by atoms with Gasteiger partial charge in [0, 0.05) is 27.7 Å². The normalized spacial score (nSPS) is 10.7. The molecule has 0 spiro atoms. The van der Waals surface area contributed by atoms with E-state index in [1.807, 2.05) is 6.92 Å². The summed E-state index contributed by atoms with van der Waals surface area (Å²) in [7, 11) is 0. The van der Waals surface area contributed by atoms with Gasteiger partial charge in [0.1, 0.15) is 10.6 Å². The van der Waals surface area contributed by atoms with E-state index >= 15 is 0 Å². The van der Waals surface area contributed by atoms with Crippen LogP contribution >= 0.6 is 34.7 Å².